The number of amides is 1. The van der Waals surface area contributed by atoms with Crippen LogP contribution >= 0.6 is 0 Å². The summed E-state index contributed by atoms with van der Waals surface area (Å²) in [7, 11) is 0. The number of carbonyl (C=O) groups excluding carboxylic acids is 1. The van der Waals surface area contributed by atoms with Crippen LogP contribution < -0.4 is 10.2 Å². The van der Waals surface area contributed by atoms with Crippen LogP contribution in [-0.4, -0.2) is 24.5 Å². The van der Waals surface area contributed by atoms with E-state index in [1.807, 2.05) is 4.90 Å². The smallest absolute Gasteiger partial charge is 0.241 e. The second kappa shape index (κ2) is 5.33. The number of para-hydroxylation sites is 1. The lowest BCUT2D eigenvalue weighted by Crippen LogP contribution is -2.60. The summed E-state index contributed by atoms with van der Waals surface area (Å²) in [6.45, 7) is 9.75. The van der Waals surface area contributed by atoms with Gasteiger partial charge in [-0.2, -0.15) is 0 Å². The van der Waals surface area contributed by atoms with Gasteiger partial charge in [0.1, 0.15) is 0 Å². The molecule has 1 fully saturated rings. The molecule has 1 heterocycles. The van der Waals surface area contributed by atoms with E-state index in [9.17, 15) is 4.79 Å². The Bertz CT molecular complexity index is 457. The quantitative estimate of drug-likeness (QED) is 0.905. The molecule has 1 aromatic carbocycles. The molecule has 2 rings (SSSR count). The fraction of sp³-hybridized carbons (Fsp3) is 0.562. The van der Waals surface area contributed by atoms with Gasteiger partial charge in [0.15, 0.2) is 0 Å². The van der Waals surface area contributed by atoms with Gasteiger partial charge in [-0.05, 0) is 37.8 Å². The van der Waals surface area contributed by atoms with Crippen LogP contribution in [0.4, 0.5) is 5.69 Å². The van der Waals surface area contributed by atoms with Crippen molar-refractivity contribution in [1.82, 2.24) is 5.32 Å². The Hall–Kier alpha value is -1.35. The summed E-state index contributed by atoms with van der Waals surface area (Å²) in [6.07, 6.45) is 1.92. The Balaban J connectivity index is 2.47. The molecule has 3 nitrogen and oxygen atoms in total. The molecule has 1 saturated heterocycles. The monoisotopic (exact) mass is 260 g/mol. The van der Waals surface area contributed by atoms with Gasteiger partial charge in [-0.25, -0.2) is 0 Å². The number of hydrogen-bond donors (Lipinski definition) is 1. The van der Waals surface area contributed by atoms with Crippen LogP contribution in [0.15, 0.2) is 18.2 Å². The van der Waals surface area contributed by atoms with Gasteiger partial charge >= 0.3 is 0 Å². The maximum absolute atomic E-state index is 12.3. The zero-order chi connectivity index (χ0) is 14.0. The first-order valence-corrected chi connectivity index (χ1v) is 7.14. The minimum absolute atomic E-state index is 0.0280. The molecule has 0 atom stereocenters. The Morgan fingerprint density at radius 1 is 1.21 bits per heavy atom. The predicted octanol–water partition coefficient (Wildman–Crippen LogP) is 2.53. The van der Waals surface area contributed by atoms with E-state index in [4.69, 9.17) is 0 Å². The van der Waals surface area contributed by atoms with Crippen molar-refractivity contribution < 1.29 is 4.79 Å². The highest BCUT2D eigenvalue weighted by atomic mass is 16.2. The van der Waals surface area contributed by atoms with Crippen LogP contribution in [0.2, 0.25) is 0 Å². The standard InChI is InChI=1S/C16H24N2O/c1-5-12-8-7-9-13(6-2)15(12)18-11-16(3,4)17-10-14(18)19/h7-9,17H,5-6,10-11H2,1-4H3. The zero-order valence-corrected chi connectivity index (χ0v) is 12.4. The number of carbonyl (C=O) groups is 1. The number of benzene rings is 1. The lowest BCUT2D eigenvalue weighted by atomic mass is 9.97. The SMILES string of the molecule is CCc1cccc(CC)c1N1CC(C)(C)NCC1=O. The number of nitrogens with one attached hydrogen (secondary N) is 1. The van der Waals surface area contributed by atoms with Gasteiger partial charge in [-0.3, -0.25) is 4.79 Å². The molecule has 0 radical (unpaired) electrons. The molecule has 1 aliphatic rings. The van der Waals surface area contributed by atoms with Crippen molar-refractivity contribution in [3.8, 4) is 0 Å². The highest BCUT2D eigenvalue weighted by Crippen LogP contribution is 2.29. The normalized spacial score (nSPS) is 18.7. The van der Waals surface area contributed by atoms with Crippen molar-refractivity contribution in [2.75, 3.05) is 18.0 Å². The predicted molar refractivity (Wildman–Crippen MR) is 79.6 cm³/mol. The van der Waals surface area contributed by atoms with Crippen LogP contribution in [0.5, 0.6) is 0 Å². The van der Waals surface area contributed by atoms with Gasteiger partial charge < -0.3 is 10.2 Å². The summed E-state index contributed by atoms with van der Waals surface area (Å²) in [4.78, 5) is 14.3. The third kappa shape index (κ3) is 2.81. The van der Waals surface area contributed by atoms with Crippen molar-refractivity contribution in [2.45, 2.75) is 46.1 Å². The molecule has 0 unspecified atom stereocenters. The molecule has 1 aromatic rings. The first-order chi connectivity index (χ1) is 8.98. The molecule has 0 saturated carbocycles. The van der Waals surface area contributed by atoms with Gasteiger partial charge in [0.25, 0.3) is 0 Å². The average Bonchev–Trinajstić information content (AvgIpc) is 2.40. The average molecular weight is 260 g/mol. The molecule has 104 valence electrons. The molecule has 19 heavy (non-hydrogen) atoms. The minimum Gasteiger partial charge on any atom is -0.309 e. The lowest BCUT2D eigenvalue weighted by molar-refractivity contribution is -0.119. The topological polar surface area (TPSA) is 32.3 Å². The lowest BCUT2D eigenvalue weighted by Gasteiger charge is -2.40. The molecule has 0 bridgehead atoms. The minimum atomic E-state index is -0.0280. The van der Waals surface area contributed by atoms with E-state index in [0.29, 0.717) is 6.54 Å². The third-order valence-corrected chi connectivity index (χ3v) is 3.81. The number of nitrogens with zero attached hydrogens (tertiary/aromatic N) is 1. The van der Waals surface area contributed by atoms with Gasteiger partial charge in [-0.1, -0.05) is 32.0 Å². The fourth-order valence-corrected chi connectivity index (χ4v) is 2.72. The molecule has 0 aliphatic carbocycles. The highest BCUT2D eigenvalue weighted by molar-refractivity contribution is 5.97. The van der Waals surface area contributed by atoms with E-state index in [-0.39, 0.29) is 11.4 Å². The van der Waals surface area contributed by atoms with E-state index in [0.717, 1.165) is 25.1 Å². The Labute approximate surface area is 116 Å². The first kappa shape index (κ1) is 14.1. The summed E-state index contributed by atoms with van der Waals surface area (Å²) in [6, 6.07) is 6.37. The van der Waals surface area contributed by atoms with Gasteiger partial charge in [0.05, 0.1) is 12.2 Å². The zero-order valence-electron chi connectivity index (χ0n) is 12.4. The molecule has 3 heteroatoms. The summed E-state index contributed by atoms with van der Waals surface area (Å²) in [5.41, 5.74) is 3.66. The Kier molecular flexibility index (Phi) is 3.95. The summed E-state index contributed by atoms with van der Waals surface area (Å²) in [5.74, 6) is 0.176. The second-order valence-corrected chi connectivity index (χ2v) is 5.85. The number of anilines is 1. The first-order valence-electron chi connectivity index (χ1n) is 7.14. The van der Waals surface area contributed by atoms with Crippen molar-refractivity contribution in [2.24, 2.45) is 0 Å². The number of hydrogen-bond acceptors (Lipinski definition) is 2. The Morgan fingerprint density at radius 2 is 1.79 bits per heavy atom. The fourth-order valence-electron chi connectivity index (χ4n) is 2.72. The maximum atomic E-state index is 12.3. The molecular weight excluding hydrogens is 236 g/mol. The van der Waals surface area contributed by atoms with Gasteiger partial charge in [0, 0.05) is 12.1 Å². The maximum Gasteiger partial charge on any atom is 0.241 e. The van der Waals surface area contributed by atoms with Crippen molar-refractivity contribution in [3.63, 3.8) is 0 Å². The van der Waals surface area contributed by atoms with E-state index in [1.54, 1.807) is 0 Å². The van der Waals surface area contributed by atoms with E-state index < -0.39 is 0 Å². The van der Waals surface area contributed by atoms with Crippen LogP contribution in [0.3, 0.4) is 0 Å². The second-order valence-electron chi connectivity index (χ2n) is 5.85. The van der Waals surface area contributed by atoms with Crippen LogP contribution in [0, 0.1) is 0 Å². The Morgan fingerprint density at radius 3 is 2.32 bits per heavy atom. The number of piperazine rings is 1. The molecular formula is C16H24N2O. The van der Waals surface area contributed by atoms with Crippen molar-refractivity contribution in [3.05, 3.63) is 29.3 Å². The number of aryl methyl sites for hydroxylation is 2. The molecule has 0 aromatic heterocycles. The summed E-state index contributed by atoms with van der Waals surface area (Å²) >= 11 is 0. The molecule has 0 spiro atoms. The van der Waals surface area contributed by atoms with E-state index in [1.165, 1.54) is 11.1 Å². The van der Waals surface area contributed by atoms with E-state index in [2.05, 4.69) is 51.2 Å². The van der Waals surface area contributed by atoms with Gasteiger partial charge in [0.2, 0.25) is 5.91 Å². The van der Waals surface area contributed by atoms with E-state index >= 15 is 0 Å². The highest BCUT2D eigenvalue weighted by Gasteiger charge is 2.33. The van der Waals surface area contributed by atoms with Crippen molar-refractivity contribution in [1.29, 1.82) is 0 Å². The summed E-state index contributed by atoms with van der Waals surface area (Å²) < 4.78 is 0. The molecule has 1 aliphatic heterocycles. The summed E-state index contributed by atoms with van der Waals surface area (Å²) in [5, 5.41) is 3.29. The third-order valence-electron chi connectivity index (χ3n) is 3.81. The molecule has 1 N–H and O–H groups in total. The largest absolute Gasteiger partial charge is 0.309 e. The molecule has 1 amide bonds. The van der Waals surface area contributed by atoms with Crippen LogP contribution in [0.1, 0.15) is 38.8 Å². The van der Waals surface area contributed by atoms with Gasteiger partial charge in [-0.15, -0.1) is 0 Å². The van der Waals surface area contributed by atoms with Crippen LogP contribution in [0.25, 0.3) is 0 Å². The van der Waals surface area contributed by atoms with Crippen LogP contribution in [-0.2, 0) is 17.6 Å². The number of rotatable bonds is 3. The van der Waals surface area contributed by atoms with Crippen molar-refractivity contribution >= 4 is 11.6 Å².